The predicted octanol–water partition coefficient (Wildman–Crippen LogP) is 3.56. The average molecular weight is 363 g/mol. The van der Waals surface area contributed by atoms with Crippen molar-refractivity contribution in [3.8, 4) is 5.75 Å². The quantitative estimate of drug-likeness (QED) is 0.460. The number of anilines is 3. The van der Waals surface area contributed by atoms with E-state index < -0.39 is 0 Å². The van der Waals surface area contributed by atoms with Crippen LogP contribution in [0.5, 0.6) is 5.75 Å². The molecule has 0 fully saturated rings. The van der Waals surface area contributed by atoms with Crippen LogP contribution in [0.1, 0.15) is 43.5 Å². The van der Waals surface area contributed by atoms with Crippen molar-refractivity contribution in [1.82, 2.24) is 9.97 Å². The Morgan fingerprint density at radius 2 is 2.08 bits per heavy atom. The summed E-state index contributed by atoms with van der Waals surface area (Å²) in [7, 11) is 0. The zero-order chi connectivity index (χ0) is 18.7. The van der Waals surface area contributed by atoms with Crippen LogP contribution in [0.3, 0.4) is 0 Å². The molecule has 2 aromatic rings. The third kappa shape index (κ3) is 3.76. The third-order valence-corrected chi connectivity index (χ3v) is 4.30. The summed E-state index contributed by atoms with van der Waals surface area (Å²) < 4.78 is 5.74. The van der Waals surface area contributed by atoms with E-state index in [0.717, 1.165) is 11.1 Å². The second-order valence-corrected chi connectivity index (χ2v) is 6.13. The van der Waals surface area contributed by atoms with Crippen molar-refractivity contribution >= 4 is 34.6 Å². The lowest BCUT2D eigenvalue weighted by atomic mass is 10.0. The van der Waals surface area contributed by atoms with Gasteiger partial charge in [-0.2, -0.15) is 0 Å². The number of hydrogen-bond acceptors (Lipinski definition) is 7. The van der Waals surface area contributed by atoms with Gasteiger partial charge in [-0.05, 0) is 39.3 Å². The minimum Gasteiger partial charge on any atom is -0.491 e. The van der Waals surface area contributed by atoms with Crippen LogP contribution < -0.4 is 21.5 Å². The maximum absolute atomic E-state index is 7.90. The Hall–Kier alpha value is -2.54. The smallest absolute Gasteiger partial charge is 0.147 e. The first-order valence-corrected chi connectivity index (χ1v) is 8.29. The number of halogens is 1. The summed E-state index contributed by atoms with van der Waals surface area (Å²) in [5.41, 5.74) is 14.9. The largest absolute Gasteiger partial charge is 0.491 e. The molecule has 1 aromatic heterocycles. The lowest BCUT2D eigenvalue weighted by Gasteiger charge is -2.22. The summed E-state index contributed by atoms with van der Waals surface area (Å²) in [6.45, 7) is 7.80. The second kappa shape index (κ2) is 7.57. The minimum absolute atomic E-state index is 0.227. The number of rotatable bonds is 6. The molecule has 2 rings (SSSR count). The molecule has 0 bridgehead atoms. The molecular weight excluding hydrogens is 340 g/mol. The van der Waals surface area contributed by atoms with Gasteiger partial charge >= 0.3 is 0 Å². The molecule has 0 aliphatic carbocycles. The monoisotopic (exact) mass is 362 g/mol. The highest BCUT2D eigenvalue weighted by Gasteiger charge is 2.20. The van der Waals surface area contributed by atoms with Gasteiger partial charge in [-0.25, -0.2) is 9.97 Å². The molecular formula is C17H23ClN6O. The van der Waals surface area contributed by atoms with Gasteiger partial charge in [0.05, 0.1) is 23.9 Å². The van der Waals surface area contributed by atoms with E-state index in [1.165, 1.54) is 6.33 Å². The fourth-order valence-electron chi connectivity index (χ4n) is 2.55. The van der Waals surface area contributed by atoms with Crippen LogP contribution >= 0.6 is 11.6 Å². The van der Waals surface area contributed by atoms with Gasteiger partial charge in [0.2, 0.25) is 0 Å². The molecule has 1 heterocycles. The zero-order valence-electron chi connectivity index (χ0n) is 14.8. The Balaban J connectivity index is 2.48. The van der Waals surface area contributed by atoms with E-state index in [-0.39, 0.29) is 17.6 Å². The number of nitrogens with one attached hydrogen (secondary N) is 2. The average Bonchev–Trinajstić information content (AvgIpc) is 2.54. The summed E-state index contributed by atoms with van der Waals surface area (Å²) in [6.07, 6.45) is 1.36. The van der Waals surface area contributed by atoms with Crippen molar-refractivity contribution in [2.45, 2.75) is 33.7 Å². The lowest BCUT2D eigenvalue weighted by molar-refractivity contribution is 0.337. The number of hydrogen-bond donors (Lipinski definition) is 4. The Bertz CT molecular complexity index is 808. The fourth-order valence-corrected chi connectivity index (χ4v) is 2.77. The second-order valence-electron chi connectivity index (χ2n) is 5.72. The van der Waals surface area contributed by atoms with Gasteiger partial charge in [-0.1, -0.05) is 11.6 Å². The molecule has 8 heteroatoms. The topological polar surface area (TPSA) is 123 Å². The molecule has 0 aliphatic heterocycles. The predicted molar refractivity (Wildman–Crippen MR) is 103 cm³/mol. The van der Waals surface area contributed by atoms with Crippen molar-refractivity contribution in [2.24, 2.45) is 0 Å². The van der Waals surface area contributed by atoms with E-state index in [1.54, 1.807) is 6.92 Å². The molecule has 0 amide bonds. The van der Waals surface area contributed by atoms with Crippen molar-refractivity contribution in [2.75, 3.05) is 23.4 Å². The zero-order valence-corrected chi connectivity index (χ0v) is 15.5. The van der Waals surface area contributed by atoms with E-state index in [0.29, 0.717) is 34.4 Å². The Labute approximate surface area is 152 Å². The summed E-state index contributed by atoms with van der Waals surface area (Å²) in [4.78, 5) is 8.16. The van der Waals surface area contributed by atoms with E-state index in [1.807, 2.05) is 26.8 Å². The van der Waals surface area contributed by atoms with E-state index in [4.69, 9.17) is 33.2 Å². The van der Waals surface area contributed by atoms with Crippen LogP contribution in [0.2, 0.25) is 5.02 Å². The van der Waals surface area contributed by atoms with Gasteiger partial charge in [-0.15, -0.1) is 0 Å². The normalized spacial score (nSPS) is 11.9. The molecule has 0 radical (unpaired) electrons. The maximum atomic E-state index is 7.90. The van der Waals surface area contributed by atoms with Gasteiger partial charge in [-0.3, -0.25) is 0 Å². The van der Waals surface area contributed by atoms with Crippen LogP contribution in [0, 0.1) is 12.3 Å². The van der Waals surface area contributed by atoms with Crippen LogP contribution in [-0.2, 0) is 0 Å². The molecule has 0 spiro atoms. The van der Waals surface area contributed by atoms with E-state index in [2.05, 4.69) is 15.3 Å². The van der Waals surface area contributed by atoms with Crippen molar-refractivity contribution in [3.63, 3.8) is 0 Å². The van der Waals surface area contributed by atoms with Crippen LogP contribution in [0.15, 0.2) is 12.4 Å². The fraction of sp³-hybridized carbons (Fsp3) is 0.353. The molecule has 1 unspecified atom stereocenters. The van der Waals surface area contributed by atoms with Crippen LogP contribution in [0.4, 0.5) is 17.3 Å². The Morgan fingerprint density at radius 1 is 1.40 bits per heavy atom. The number of nitrogens with zero attached hydrogens (tertiary/aromatic N) is 2. The molecule has 0 saturated carbocycles. The van der Waals surface area contributed by atoms with Crippen molar-refractivity contribution in [3.05, 3.63) is 34.1 Å². The first-order valence-electron chi connectivity index (χ1n) is 7.91. The molecule has 0 saturated heterocycles. The molecule has 0 aliphatic rings. The Morgan fingerprint density at radius 3 is 2.68 bits per heavy atom. The van der Waals surface area contributed by atoms with Gasteiger partial charge < -0.3 is 26.9 Å². The number of nitrogen functional groups attached to an aromatic ring is 2. The molecule has 1 atom stereocenters. The molecule has 1 aromatic carbocycles. The molecule has 6 N–H and O–H groups in total. The van der Waals surface area contributed by atoms with E-state index >= 15 is 0 Å². The van der Waals surface area contributed by atoms with Crippen molar-refractivity contribution in [1.29, 1.82) is 5.41 Å². The summed E-state index contributed by atoms with van der Waals surface area (Å²) in [5, 5.41) is 11.7. The van der Waals surface area contributed by atoms with Gasteiger partial charge in [0, 0.05) is 16.3 Å². The highest BCUT2D eigenvalue weighted by molar-refractivity contribution is 6.32. The summed E-state index contributed by atoms with van der Waals surface area (Å²) in [6, 6.07) is 1.60. The number of benzene rings is 1. The van der Waals surface area contributed by atoms with Gasteiger partial charge in [0.15, 0.2) is 0 Å². The Kier molecular flexibility index (Phi) is 5.69. The summed E-state index contributed by atoms with van der Waals surface area (Å²) in [5.74, 6) is 1.33. The first kappa shape index (κ1) is 18.8. The van der Waals surface area contributed by atoms with Crippen LogP contribution in [0.25, 0.3) is 0 Å². The molecule has 134 valence electrons. The van der Waals surface area contributed by atoms with Gasteiger partial charge in [0.1, 0.15) is 23.7 Å². The van der Waals surface area contributed by atoms with Gasteiger partial charge in [0.25, 0.3) is 0 Å². The van der Waals surface area contributed by atoms with Crippen molar-refractivity contribution < 1.29 is 4.74 Å². The first-order chi connectivity index (χ1) is 11.8. The maximum Gasteiger partial charge on any atom is 0.147 e. The molecule has 25 heavy (non-hydrogen) atoms. The third-order valence-electron chi connectivity index (χ3n) is 3.91. The van der Waals surface area contributed by atoms with E-state index in [9.17, 15) is 0 Å². The van der Waals surface area contributed by atoms with Crippen LogP contribution in [-0.4, -0.2) is 22.3 Å². The standard InChI is InChI=1S/C17H23ClN6O/c1-5-25-15-11(6-12(18)8(2)14(15)20)10(4)24-17-13(9(3)19)16(21)22-7-23-17/h6-7,10,19H,5,20H2,1-4H3,(H3,21,22,23,24). The highest BCUT2D eigenvalue weighted by Crippen LogP contribution is 2.39. The SMILES string of the molecule is CCOc1c(C(C)Nc2ncnc(N)c2C(C)=N)cc(Cl)c(C)c1N. The number of aromatic nitrogens is 2. The molecule has 7 nitrogen and oxygen atoms in total. The summed E-state index contributed by atoms with van der Waals surface area (Å²) >= 11 is 6.30. The lowest BCUT2D eigenvalue weighted by Crippen LogP contribution is -2.16. The highest BCUT2D eigenvalue weighted by atomic mass is 35.5. The minimum atomic E-state index is -0.227. The number of nitrogens with two attached hydrogens (primary N) is 2. The number of ether oxygens (including phenoxy) is 1.